The van der Waals surface area contributed by atoms with E-state index in [4.69, 9.17) is 10.7 Å². The molecule has 3 aromatic rings. The topological polar surface area (TPSA) is 51.8 Å². The van der Waals surface area contributed by atoms with Crippen molar-refractivity contribution in [3.63, 3.8) is 0 Å². The van der Waals surface area contributed by atoms with Gasteiger partial charge in [0.2, 0.25) is 0 Å². The summed E-state index contributed by atoms with van der Waals surface area (Å²) >= 11 is 0. The molecule has 0 saturated heterocycles. The van der Waals surface area contributed by atoms with Crippen molar-refractivity contribution in [2.45, 2.75) is 20.4 Å². The van der Waals surface area contributed by atoms with Crippen molar-refractivity contribution in [3.05, 3.63) is 71.4 Å². The van der Waals surface area contributed by atoms with Gasteiger partial charge < -0.3 is 5.73 Å². The van der Waals surface area contributed by atoms with Crippen LogP contribution >= 0.6 is 0 Å². The van der Waals surface area contributed by atoms with Crippen LogP contribution in [0, 0.1) is 13.8 Å². The molecule has 0 saturated carbocycles. The lowest BCUT2D eigenvalue weighted by Gasteiger charge is -2.09. The van der Waals surface area contributed by atoms with Gasteiger partial charge in [0.1, 0.15) is 0 Å². The molecule has 0 fully saturated rings. The minimum absolute atomic E-state index is 0.403. The van der Waals surface area contributed by atoms with Gasteiger partial charge in [-0.1, -0.05) is 42.5 Å². The molecule has 0 amide bonds. The Morgan fingerprint density at radius 2 is 1.59 bits per heavy atom. The van der Waals surface area contributed by atoms with Crippen LogP contribution in [-0.2, 0) is 6.54 Å². The molecule has 0 aliphatic heterocycles. The van der Waals surface area contributed by atoms with E-state index in [0.29, 0.717) is 6.54 Å². The molecule has 1 heterocycles. The fraction of sp³-hybridized carbons (Fsp3) is 0.158. The molecule has 0 aliphatic rings. The summed E-state index contributed by atoms with van der Waals surface area (Å²) in [6.45, 7) is 4.63. The molecule has 3 heteroatoms. The van der Waals surface area contributed by atoms with Crippen molar-refractivity contribution in [1.29, 1.82) is 0 Å². The molecule has 2 aromatic carbocycles. The molecule has 110 valence electrons. The van der Waals surface area contributed by atoms with E-state index in [1.807, 2.05) is 36.4 Å². The van der Waals surface area contributed by atoms with Crippen molar-refractivity contribution >= 4 is 0 Å². The van der Waals surface area contributed by atoms with Gasteiger partial charge in [0.15, 0.2) is 5.82 Å². The first kappa shape index (κ1) is 14.4. The summed E-state index contributed by atoms with van der Waals surface area (Å²) in [5, 5.41) is 0. The van der Waals surface area contributed by atoms with Crippen LogP contribution in [0.15, 0.2) is 54.6 Å². The first-order valence-electron chi connectivity index (χ1n) is 7.38. The molecule has 0 bridgehead atoms. The highest BCUT2D eigenvalue weighted by Gasteiger charge is 2.08. The Balaban J connectivity index is 2.13. The number of benzene rings is 2. The Morgan fingerprint density at radius 1 is 0.818 bits per heavy atom. The zero-order valence-electron chi connectivity index (χ0n) is 12.9. The zero-order chi connectivity index (χ0) is 15.5. The molecule has 2 N–H and O–H groups in total. The predicted octanol–water partition coefficient (Wildman–Crippen LogP) is 3.89. The molecule has 3 nitrogen and oxygen atoms in total. The lowest BCUT2D eigenvalue weighted by atomic mass is 10.0. The smallest absolute Gasteiger partial charge is 0.160 e. The van der Waals surface area contributed by atoms with Gasteiger partial charge in [-0.3, -0.25) is 0 Å². The van der Waals surface area contributed by atoms with E-state index < -0.39 is 0 Å². The average molecular weight is 289 g/mol. The van der Waals surface area contributed by atoms with Crippen LogP contribution in [0.3, 0.4) is 0 Å². The Morgan fingerprint density at radius 3 is 2.27 bits per heavy atom. The highest BCUT2D eigenvalue weighted by molar-refractivity contribution is 5.65. The molecule has 22 heavy (non-hydrogen) atoms. The Kier molecular flexibility index (Phi) is 3.98. The van der Waals surface area contributed by atoms with Crippen molar-refractivity contribution in [2.24, 2.45) is 5.73 Å². The standard InChI is InChI=1S/C19H19N3/c1-13-8-9-16(10-14(13)2)18-11-17(12-20)21-19(22-18)15-6-4-3-5-7-15/h3-11H,12,20H2,1-2H3. The van der Waals surface area contributed by atoms with Crippen LogP contribution in [0.25, 0.3) is 22.6 Å². The highest BCUT2D eigenvalue weighted by atomic mass is 14.9. The van der Waals surface area contributed by atoms with Crippen molar-refractivity contribution in [3.8, 4) is 22.6 Å². The fourth-order valence-corrected chi connectivity index (χ4v) is 2.37. The van der Waals surface area contributed by atoms with Gasteiger partial charge in [0, 0.05) is 17.7 Å². The van der Waals surface area contributed by atoms with E-state index in [2.05, 4.69) is 37.0 Å². The quantitative estimate of drug-likeness (QED) is 0.796. The van der Waals surface area contributed by atoms with Crippen molar-refractivity contribution in [2.75, 3.05) is 0 Å². The third kappa shape index (κ3) is 2.90. The summed E-state index contributed by atoms with van der Waals surface area (Å²) in [7, 11) is 0. The normalized spacial score (nSPS) is 10.7. The second-order valence-corrected chi connectivity index (χ2v) is 5.44. The summed E-state index contributed by atoms with van der Waals surface area (Å²) in [6.07, 6.45) is 0. The molecular formula is C19H19N3. The van der Waals surface area contributed by atoms with Gasteiger partial charge >= 0.3 is 0 Å². The molecule has 0 spiro atoms. The maximum Gasteiger partial charge on any atom is 0.160 e. The minimum Gasteiger partial charge on any atom is -0.325 e. The number of hydrogen-bond acceptors (Lipinski definition) is 3. The maximum absolute atomic E-state index is 5.81. The molecule has 0 radical (unpaired) electrons. The van der Waals surface area contributed by atoms with E-state index in [1.54, 1.807) is 0 Å². The van der Waals surface area contributed by atoms with E-state index in [9.17, 15) is 0 Å². The van der Waals surface area contributed by atoms with Crippen LogP contribution in [0.2, 0.25) is 0 Å². The third-order valence-electron chi connectivity index (χ3n) is 3.82. The van der Waals surface area contributed by atoms with Gasteiger partial charge in [-0.15, -0.1) is 0 Å². The largest absolute Gasteiger partial charge is 0.325 e. The summed E-state index contributed by atoms with van der Waals surface area (Å²) in [5.74, 6) is 0.719. The number of nitrogens with zero attached hydrogens (tertiary/aromatic N) is 2. The lowest BCUT2D eigenvalue weighted by molar-refractivity contribution is 0.971. The van der Waals surface area contributed by atoms with E-state index >= 15 is 0 Å². The SMILES string of the molecule is Cc1ccc(-c2cc(CN)nc(-c3ccccc3)n2)cc1C. The summed E-state index contributed by atoms with van der Waals surface area (Å²) < 4.78 is 0. The number of rotatable bonds is 3. The minimum atomic E-state index is 0.403. The second-order valence-electron chi connectivity index (χ2n) is 5.44. The number of aromatic nitrogens is 2. The zero-order valence-corrected chi connectivity index (χ0v) is 12.9. The molecule has 0 atom stereocenters. The lowest BCUT2D eigenvalue weighted by Crippen LogP contribution is -2.03. The first-order valence-corrected chi connectivity index (χ1v) is 7.38. The molecule has 3 rings (SSSR count). The third-order valence-corrected chi connectivity index (χ3v) is 3.82. The average Bonchev–Trinajstić information content (AvgIpc) is 2.57. The van der Waals surface area contributed by atoms with Gasteiger partial charge in [-0.05, 0) is 37.1 Å². The highest BCUT2D eigenvalue weighted by Crippen LogP contribution is 2.24. The predicted molar refractivity (Wildman–Crippen MR) is 90.3 cm³/mol. The van der Waals surface area contributed by atoms with Crippen LogP contribution in [-0.4, -0.2) is 9.97 Å². The Bertz CT molecular complexity index is 795. The van der Waals surface area contributed by atoms with Crippen LogP contribution in [0.4, 0.5) is 0 Å². The monoisotopic (exact) mass is 289 g/mol. The number of nitrogens with two attached hydrogens (primary N) is 1. The van der Waals surface area contributed by atoms with E-state index in [0.717, 1.165) is 28.3 Å². The Hall–Kier alpha value is -2.52. The fourth-order valence-electron chi connectivity index (χ4n) is 2.37. The van der Waals surface area contributed by atoms with Gasteiger partial charge in [-0.25, -0.2) is 9.97 Å². The van der Waals surface area contributed by atoms with Gasteiger partial charge in [-0.2, -0.15) is 0 Å². The molecule has 0 unspecified atom stereocenters. The van der Waals surface area contributed by atoms with Crippen molar-refractivity contribution < 1.29 is 0 Å². The van der Waals surface area contributed by atoms with E-state index in [1.165, 1.54) is 11.1 Å². The molecule has 1 aromatic heterocycles. The van der Waals surface area contributed by atoms with Crippen LogP contribution in [0.5, 0.6) is 0 Å². The van der Waals surface area contributed by atoms with Crippen LogP contribution in [0.1, 0.15) is 16.8 Å². The van der Waals surface area contributed by atoms with Crippen LogP contribution < -0.4 is 5.73 Å². The van der Waals surface area contributed by atoms with Gasteiger partial charge in [0.25, 0.3) is 0 Å². The second kappa shape index (κ2) is 6.08. The summed E-state index contributed by atoms with van der Waals surface area (Å²) in [4.78, 5) is 9.28. The number of aryl methyl sites for hydroxylation is 2. The molecule has 0 aliphatic carbocycles. The maximum atomic E-state index is 5.81. The molecular weight excluding hydrogens is 270 g/mol. The van der Waals surface area contributed by atoms with Gasteiger partial charge in [0.05, 0.1) is 11.4 Å². The summed E-state index contributed by atoms with van der Waals surface area (Å²) in [5.41, 5.74) is 12.2. The number of hydrogen-bond donors (Lipinski definition) is 1. The first-order chi connectivity index (χ1) is 10.7. The van der Waals surface area contributed by atoms with Crippen molar-refractivity contribution in [1.82, 2.24) is 9.97 Å². The Labute approximate surface area is 130 Å². The summed E-state index contributed by atoms with van der Waals surface area (Å²) in [6, 6.07) is 18.3. The van der Waals surface area contributed by atoms with E-state index in [-0.39, 0.29) is 0 Å².